The van der Waals surface area contributed by atoms with E-state index in [1.807, 2.05) is 36.3 Å². The first-order chi connectivity index (χ1) is 6.81. The average Bonchev–Trinajstić information content (AvgIpc) is 2.67. The molecule has 0 radical (unpaired) electrons. The van der Waals surface area contributed by atoms with Gasteiger partial charge in [-0.25, -0.2) is 4.98 Å². The topological polar surface area (TPSA) is 30.7 Å². The standard InChI is InChI=1S/C10H10BrN3/c1-8-5-12-3-2-10(8)14-6-9(4-11)13-7-14/h2-3,5-7H,4H2,1H3. The number of halogens is 1. The molecule has 14 heavy (non-hydrogen) atoms. The summed E-state index contributed by atoms with van der Waals surface area (Å²) in [4.78, 5) is 8.30. The minimum Gasteiger partial charge on any atom is -0.306 e. The zero-order valence-corrected chi connectivity index (χ0v) is 9.40. The molecule has 0 saturated heterocycles. The highest BCUT2D eigenvalue weighted by Gasteiger charge is 2.01. The van der Waals surface area contributed by atoms with Gasteiger partial charge in [-0.05, 0) is 18.6 Å². The quantitative estimate of drug-likeness (QED) is 0.768. The van der Waals surface area contributed by atoms with E-state index in [4.69, 9.17) is 0 Å². The third-order valence-corrected chi connectivity index (χ3v) is 2.62. The van der Waals surface area contributed by atoms with Crippen molar-refractivity contribution in [3.05, 3.63) is 42.2 Å². The van der Waals surface area contributed by atoms with Gasteiger partial charge in [0.15, 0.2) is 0 Å². The normalized spacial score (nSPS) is 10.4. The number of aromatic nitrogens is 3. The number of rotatable bonds is 2. The van der Waals surface area contributed by atoms with E-state index in [0.717, 1.165) is 22.3 Å². The van der Waals surface area contributed by atoms with Crippen molar-refractivity contribution in [1.82, 2.24) is 14.5 Å². The van der Waals surface area contributed by atoms with Gasteiger partial charge >= 0.3 is 0 Å². The SMILES string of the molecule is Cc1cnccc1-n1cnc(CBr)c1. The summed E-state index contributed by atoms with van der Waals surface area (Å²) < 4.78 is 2.01. The van der Waals surface area contributed by atoms with Crippen LogP contribution in [0.1, 0.15) is 11.3 Å². The maximum Gasteiger partial charge on any atom is 0.0995 e. The molecule has 0 aliphatic rings. The predicted molar refractivity (Wildman–Crippen MR) is 58.7 cm³/mol. The van der Waals surface area contributed by atoms with E-state index < -0.39 is 0 Å². The second-order valence-corrected chi connectivity index (χ2v) is 3.63. The van der Waals surface area contributed by atoms with Gasteiger partial charge in [0.25, 0.3) is 0 Å². The second-order valence-electron chi connectivity index (χ2n) is 3.07. The Balaban J connectivity index is 2.44. The van der Waals surface area contributed by atoms with Crippen molar-refractivity contribution < 1.29 is 0 Å². The molecule has 4 heteroatoms. The maximum atomic E-state index is 4.25. The maximum absolute atomic E-state index is 4.25. The number of nitrogens with zero attached hydrogens (tertiary/aromatic N) is 3. The highest BCUT2D eigenvalue weighted by molar-refractivity contribution is 9.08. The smallest absolute Gasteiger partial charge is 0.0995 e. The molecule has 0 aliphatic carbocycles. The molecular formula is C10H10BrN3. The molecule has 0 spiro atoms. The Hall–Kier alpha value is -1.16. The van der Waals surface area contributed by atoms with Crippen molar-refractivity contribution in [1.29, 1.82) is 0 Å². The summed E-state index contributed by atoms with van der Waals surface area (Å²) in [7, 11) is 0. The van der Waals surface area contributed by atoms with Crippen LogP contribution in [0.5, 0.6) is 0 Å². The Morgan fingerprint density at radius 1 is 1.50 bits per heavy atom. The van der Waals surface area contributed by atoms with E-state index in [0.29, 0.717) is 0 Å². The molecule has 0 bridgehead atoms. The minimum absolute atomic E-state index is 0.782. The van der Waals surface area contributed by atoms with Crippen LogP contribution >= 0.6 is 15.9 Å². The monoisotopic (exact) mass is 251 g/mol. The first-order valence-corrected chi connectivity index (χ1v) is 5.43. The molecule has 72 valence electrons. The van der Waals surface area contributed by atoms with E-state index in [1.54, 1.807) is 6.20 Å². The van der Waals surface area contributed by atoms with Crippen LogP contribution < -0.4 is 0 Å². The van der Waals surface area contributed by atoms with Gasteiger partial charge in [-0.3, -0.25) is 4.98 Å². The molecule has 0 aliphatic heterocycles. The Kier molecular flexibility index (Phi) is 2.63. The van der Waals surface area contributed by atoms with Gasteiger partial charge in [0, 0.05) is 23.9 Å². The summed E-state index contributed by atoms with van der Waals surface area (Å²) >= 11 is 3.37. The summed E-state index contributed by atoms with van der Waals surface area (Å²) in [5.74, 6) is 0. The first-order valence-electron chi connectivity index (χ1n) is 4.31. The zero-order chi connectivity index (χ0) is 9.97. The predicted octanol–water partition coefficient (Wildman–Crippen LogP) is 2.47. The first kappa shape index (κ1) is 9.40. The molecule has 0 unspecified atom stereocenters. The highest BCUT2D eigenvalue weighted by atomic mass is 79.9. The van der Waals surface area contributed by atoms with Gasteiger partial charge in [-0.15, -0.1) is 0 Å². The third kappa shape index (κ3) is 1.70. The van der Waals surface area contributed by atoms with Crippen LogP contribution in [0.4, 0.5) is 0 Å². The molecular weight excluding hydrogens is 242 g/mol. The van der Waals surface area contributed by atoms with Crippen LogP contribution in [-0.2, 0) is 5.33 Å². The second kappa shape index (κ2) is 3.92. The molecule has 2 aromatic rings. The van der Waals surface area contributed by atoms with Gasteiger partial charge in [0.1, 0.15) is 0 Å². The van der Waals surface area contributed by atoms with Gasteiger partial charge in [0.2, 0.25) is 0 Å². The summed E-state index contributed by atoms with van der Waals surface area (Å²) in [6.07, 6.45) is 7.47. The lowest BCUT2D eigenvalue weighted by Gasteiger charge is -2.04. The van der Waals surface area contributed by atoms with Crippen molar-refractivity contribution in [3.8, 4) is 5.69 Å². The molecule has 0 fully saturated rings. The number of imidazole rings is 1. The zero-order valence-electron chi connectivity index (χ0n) is 7.81. The molecule has 2 aromatic heterocycles. The lowest BCUT2D eigenvalue weighted by molar-refractivity contribution is 1.03. The lowest BCUT2D eigenvalue weighted by atomic mass is 10.2. The van der Waals surface area contributed by atoms with Gasteiger partial charge in [-0.2, -0.15) is 0 Å². The van der Waals surface area contributed by atoms with Crippen LogP contribution in [0, 0.1) is 6.92 Å². The Labute approximate surface area is 90.9 Å². The summed E-state index contributed by atoms with van der Waals surface area (Å²) in [5.41, 5.74) is 3.30. The van der Waals surface area contributed by atoms with Crippen LogP contribution in [0.2, 0.25) is 0 Å². The molecule has 0 amide bonds. The third-order valence-electron chi connectivity index (χ3n) is 2.04. The molecule has 3 nitrogen and oxygen atoms in total. The minimum atomic E-state index is 0.782. The van der Waals surface area contributed by atoms with Crippen molar-refractivity contribution in [2.45, 2.75) is 12.3 Å². The van der Waals surface area contributed by atoms with Crippen molar-refractivity contribution in [2.24, 2.45) is 0 Å². The fourth-order valence-electron chi connectivity index (χ4n) is 1.32. The Morgan fingerprint density at radius 2 is 2.36 bits per heavy atom. The fraction of sp³-hybridized carbons (Fsp3) is 0.200. The van der Waals surface area contributed by atoms with E-state index in [2.05, 4.69) is 25.9 Å². The van der Waals surface area contributed by atoms with Crippen LogP contribution in [0.3, 0.4) is 0 Å². The highest BCUT2D eigenvalue weighted by Crippen LogP contribution is 2.13. The molecule has 0 aromatic carbocycles. The molecule has 0 atom stereocenters. The molecule has 2 heterocycles. The van der Waals surface area contributed by atoms with E-state index in [-0.39, 0.29) is 0 Å². The van der Waals surface area contributed by atoms with Crippen molar-refractivity contribution in [2.75, 3.05) is 0 Å². The largest absolute Gasteiger partial charge is 0.306 e. The average molecular weight is 252 g/mol. The van der Waals surface area contributed by atoms with E-state index in [1.165, 1.54) is 0 Å². The van der Waals surface area contributed by atoms with Gasteiger partial charge in [-0.1, -0.05) is 15.9 Å². The van der Waals surface area contributed by atoms with E-state index in [9.17, 15) is 0 Å². The lowest BCUT2D eigenvalue weighted by Crippen LogP contribution is -1.93. The van der Waals surface area contributed by atoms with Crippen LogP contribution in [0.25, 0.3) is 5.69 Å². The van der Waals surface area contributed by atoms with Gasteiger partial charge in [0.05, 0.1) is 17.7 Å². The van der Waals surface area contributed by atoms with Gasteiger partial charge < -0.3 is 4.57 Å². The molecule has 2 rings (SSSR count). The summed E-state index contributed by atoms with van der Waals surface area (Å²) in [6.45, 7) is 2.04. The number of hydrogen-bond donors (Lipinski definition) is 0. The Bertz CT molecular complexity index is 436. The van der Waals surface area contributed by atoms with Crippen molar-refractivity contribution >= 4 is 15.9 Å². The number of aryl methyl sites for hydroxylation is 1. The van der Waals surface area contributed by atoms with E-state index >= 15 is 0 Å². The molecule has 0 N–H and O–H groups in total. The van der Waals surface area contributed by atoms with Crippen LogP contribution in [0.15, 0.2) is 31.0 Å². The number of alkyl halides is 1. The molecule has 0 saturated carbocycles. The summed E-state index contributed by atoms with van der Waals surface area (Å²) in [6, 6.07) is 1.98. The van der Waals surface area contributed by atoms with Crippen LogP contribution in [-0.4, -0.2) is 14.5 Å². The number of pyridine rings is 1. The summed E-state index contributed by atoms with van der Waals surface area (Å²) in [5, 5.41) is 0.782. The Morgan fingerprint density at radius 3 is 3.00 bits per heavy atom. The number of hydrogen-bond acceptors (Lipinski definition) is 2. The fourth-order valence-corrected chi connectivity index (χ4v) is 1.61. The van der Waals surface area contributed by atoms with Crippen molar-refractivity contribution in [3.63, 3.8) is 0 Å².